The Bertz CT molecular complexity index is 922. The van der Waals surface area contributed by atoms with Crippen molar-refractivity contribution < 1.29 is 34.2 Å². The highest BCUT2D eigenvalue weighted by Gasteiger charge is 2.61. The molecular formula is C43H80N2O7. The maximum Gasteiger partial charge on any atom is 0.338 e. The molecule has 0 fully saturated rings. The van der Waals surface area contributed by atoms with Gasteiger partial charge in [0, 0.05) is 19.3 Å². The maximum atomic E-state index is 14.3. The van der Waals surface area contributed by atoms with Crippen molar-refractivity contribution in [2.75, 3.05) is 6.54 Å². The summed E-state index contributed by atoms with van der Waals surface area (Å²) in [4.78, 5) is 69.5. The molecule has 9 nitrogen and oxygen atoms in total. The summed E-state index contributed by atoms with van der Waals surface area (Å²) in [6.07, 6.45) is 26.4. The van der Waals surface area contributed by atoms with E-state index in [9.17, 15) is 34.2 Å². The molecule has 304 valence electrons. The third kappa shape index (κ3) is 20.8. The summed E-state index contributed by atoms with van der Waals surface area (Å²) in [5.74, 6) is -7.42. The minimum absolute atomic E-state index is 0.0880. The highest BCUT2D eigenvalue weighted by molar-refractivity contribution is 6.17. The fourth-order valence-corrected chi connectivity index (χ4v) is 7.39. The topological polar surface area (TPSA) is 155 Å². The first-order valence-electron chi connectivity index (χ1n) is 21.7. The van der Waals surface area contributed by atoms with Crippen LogP contribution in [0, 0.1) is 5.92 Å². The lowest BCUT2D eigenvalue weighted by Gasteiger charge is -2.42. The van der Waals surface area contributed by atoms with Crippen LogP contribution in [0.1, 0.15) is 226 Å². The third-order valence-electron chi connectivity index (χ3n) is 10.6. The van der Waals surface area contributed by atoms with Crippen LogP contribution in [0.2, 0.25) is 0 Å². The van der Waals surface area contributed by atoms with Gasteiger partial charge in [-0.25, -0.2) is 4.79 Å². The third-order valence-corrected chi connectivity index (χ3v) is 10.6. The van der Waals surface area contributed by atoms with Crippen LogP contribution in [-0.4, -0.2) is 56.7 Å². The largest absolute Gasteiger partial charge is 0.481 e. The van der Waals surface area contributed by atoms with Gasteiger partial charge in [0.15, 0.2) is 5.78 Å². The number of rotatable bonds is 38. The van der Waals surface area contributed by atoms with Crippen LogP contribution in [-0.2, 0) is 24.0 Å². The monoisotopic (exact) mass is 737 g/mol. The van der Waals surface area contributed by atoms with Crippen molar-refractivity contribution in [2.45, 2.75) is 232 Å². The molecule has 2 atom stereocenters. The van der Waals surface area contributed by atoms with Crippen molar-refractivity contribution >= 4 is 29.5 Å². The van der Waals surface area contributed by atoms with Gasteiger partial charge in [0.05, 0.1) is 5.92 Å². The molecule has 4 N–H and O–H groups in total. The van der Waals surface area contributed by atoms with E-state index in [0.29, 0.717) is 30.6 Å². The van der Waals surface area contributed by atoms with Gasteiger partial charge >= 0.3 is 11.9 Å². The van der Waals surface area contributed by atoms with Gasteiger partial charge in [-0.15, -0.1) is 0 Å². The molecule has 0 saturated heterocycles. The summed E-state index contributed by atoms with van der Waals surface area (Å²) < 4.78 is 0. The predicted octanol–water partition coefficient (Wildman–Crippen LogP) is 10.9. The first-order valence-corrected chi connectivity index (χ1v) is 21.7. The van der Waals surface area contributed by atoms with Gasteiger partial charge in [0.25, 0.3) is 0 Å². The smallest absolute Gasteiger partial charge is 0.338 e. The van der Waals surface area contributed by atoms with Crippen LogP contribution in [0.15, 0.2) is 0 Å². The Morgan fingerprint density at radius 2 is 0.788 bits per heavy atom. The number of unbranched alkanes of at least 4 members (excludes halogenated alkanes) is 24. The standard InChI is InChI=1S/C43H80N2O7/c1-4-7-10-13-16-19-22-25-28-33-38(46)43(42(51)52,37(41(49)50)32-31-36-44)45(39(47)34-29-26-23-20-17-14-11-8-5-2)40(48)35-30-27-24-21-18-15-12-9-6-3/h37H,4-36,44H2,1-3H3,(H,49,50)(H,51,52)/t37?,43-/m1/s1. The van der Waals surface area contributed by atoms with E-state index >= 15 is 0 Å². The molecular weight excluding hydrogens is 656 g/mol. The second-order valence-corrected chi connectivity index (χ2v) is 15.2. The van der Waals surface area contributed by atoms with Crippen molar-refractivity contribution in [3.8, 4) is 0 Å². The lowest BCUT2D eigenvalue weighted by molar-refractivity contribution is -0.180. The maximum absolute atomic E-state index is 14.3. The van der Waals surface area contributed by atoms with Crippen LogP contribution in [0.5, 0.6) is 0 Å². The number of Topliss-reactive ketones (excluding diaryl/α,β-unsaturated/α-hetero) is 1. The summed E-state index contributed by atoms with van der Waals surface area (Å²) in [5, 5.41) is 21.4. The van der Waals surface area contributed by atoms with E-state index in [1.807, 2.05) is 0 Å². The van der Waals surface area contributed by atoms with Gasteiger partial charge in [-0.3, -0.25) is 24.1 Å². The van der Waals surface area contributed by atoms with Crippen molar-refractivity contribution in [3.63, 3.8) is 0 Å². The number of nitrogens with zero attached hydrogens (tertiary/aromatic N) is 1. The van der Waals surface area contributed by atoms with Gasteiger partial charge in [-0.2, -0.15) is 0 Å². The quantitative estimate of drug-likeness (QED) is 0.0418. The van der Waals surface area contributed by atoms with E-state index in [-0.39, 0.29) is 38.6 Å². The highest BCUT2D eigenvalue weighted by Crippen LogP contribution is 2.35. The molecule has 0 aromatic heterocycles. The Kier molecular flexibility index (Phi) is 31.8. The van der Waals surface area contributed by atoms with E-state index in [2.05, 4.69) is 20.8 Å². The van der Waals surface area contributed by atoms with E-state index in [0.717, 1.165) is 77.0 Å². The van der Waals surface area contributed by atoms with E-state index in [1.54, 1.807) is 0 Å². The number of hydrogen-bond donors (Lipinski definition) is 3. The number of nitrogens with two attached hydrogens (primary N) is 1. The summed E-state index contributed by atoms with van der Waals surface area (Å²) in [5.41, 5.74) is 2.93. The fraction of sp³-hybridized carbons (Fsp3) is 0.884. The second-order valence-electron chi connectivity index (χ2n) is 15.2. The zero-order valence-corrected chi connectivity index (χ0v) is 33.9. The van der Waals surface area contributed by atoms with Gasteiger partial charge < -0.3 is 15.9 Å². The molecule has 0 saturated carbocycles. The molecule has 0 aliphatic heterocycles. The Hall–Kier alpha value is -2.29. The number of carbonyl (C=O) groups excluding carboxylic acids is 3. The second kappa shape index (κ2) is 33.3. The number of carboxylic acids is 2. The van der Waals surface area contributed by atoms with Crippen LogP contribution >= 0.6 is 0 Å². The molecule has 1 unspecified atom stereocenters. The minimum Gasteiger partial charge on any atom is -0.481 e. The Labute approximate surface area is 318 Å². The molecule has 2 amide bonds. The fourth-order valence-electron chi connectivity index (χ4n) is 7.39. The van der Waals surface area contributed by atoms with Crippen molar-refractivity contribution in [2.24, 2.45) is 11.7 Å². The zero-order valence-electron chi connectivity index (χ0n) is 33.9. The van der Waals surface area contributed by atoms with Crippen molar-refractivity contribution in [3.05, 3.63) is 0 Å². The van der Waals surface area contributed by atoms with E-state index in [1.165, 1.54) is 70.6 Å². The van der Waals surface area contributed by atoms with Crippen LogP contribution < -0.4 is 5.73 Å². The average molecular weight is 737 g/mol. The summed E-state index contributed by atoms with van der Waals surface area (Å²) in [7, 11) is 0. The van der Waals surface area contributed by atoms with Crippen molar-refractivity contribution in [1.82, 2.24) is 4.90 Å². The molecule has 0 aliphatic rings. The SMILES string of the molecule is CCCCCCCCCCCC(=O)N(C(=O)CCCCCCCCCCC)[C@@](C(=O)O)(C(=O)CCCCCCCCCCC)C(CCCN)C(=O)O. The van der Waals surface area contributed by atoms with Crippen LogP contribution in [0.25, 0.3) is 0 Å². The molecule has 0 aromatic rings. The molecule has 9 heteroatoms. The van der Waals surface area contributed by atoms with Crippen LogP contribution in [0.3, 0.4) is 0 Å². The number of imide groups is 1. The molecule has 0 spiro atoms. The Balaban J connectivity index is 6.12. The molecule has 0 radical (unpaired) electrons. The number of ketones is 1. The van der Waals surface area contributed by atoms with E-state index < -0.39 is 41.0 Å². The van der Waals surface area contributed by atoms with E-state index in [4.69, 9.17) is 5.73 Å². The highest BCUT2D eigenvalue weighted by atomic mass is 16.4. The number of aliphatic carboxylic acids is 2. The molecule has 0 rings (SSSR count). The Morgan fingerprint density at radius 1 is 0.481 bits per heavy atom. The predicted molar refractivity (Wildman–Crippen MR) is 212 cm³/mol. The van der Waals surface area contributed by atoms with Gasteiger partial charge in [-0.05, 0) is 38.6 Å². The molecule has 0 aliphatic carbocycles. The summed E-state index contributed by atoms with van der Waals surface area (Å²) >= 11 is 0. The summed E-state index contributed by atoms with van der Waals surface area (Å²) in [6.45, 7) is 6.63. The van der Waals surface area contributed by atoms with Crippen molar-refractivity contribution in [1.29, 1.82) is 0 Å². The number of carboxylic acid groups (broad SMARTS) is 2. The molecule has 0 bridgehead atoms. The number of amides is 2. The number of hydrogen-bond acceptors (Lipinski definition) is 6. The van der Waals surface area contributed by atoms with Gasteiger partial charge in [-0.1, -0.05) is 175 Å². The lowest BCUT2D eigenvalue weighted by Crippen LogP contribution is -2.69. The van der Waals surface area contributed by atoms with Gasteiger partial charge in [0.1, 0.15) is 0 Å². The molecule has 0 heterocycles. The molecule has 0 aromatic carbocycles. The first-order chi connectivity index (χ1) is 25.2. The zero-order chi connectivity index (χ0) is 38.9. The normalized spacial score (nSPS) is 13.1. The number of carbonyl (C=O) groups is 5. The lowest BCUT2D eigenvalue weighted by atomic mass is 9.74. The molecule has 52 heavy (non-hydrogen) atoms. The van der Waals surface area contributed by atoms with Crippen LogP contribution in [0.4, 0.5) is 0 Å². The summed E-state index contributed by atoms with van der Waals surface area (Å²) in [6, 6.07) is 0. The Morgan fingerprint density at radius 3 is 1.08 bits per heavy atom. The van der Waals surface area contributed by atoms with Gasteiger partial charge in [0.2, 0.25) is 17.4 Å². The minimum atomic E-state index is -2.81. The average Bonchev–Trinajstić information content (AvgIpc) is 3.11. The first kappa shape index (κ1) is 49.7.